The Morgan fingerprint density at radius 2 is 1.72 bits per heavy atom. The van der Waals surface area contributed by atoms with Crippen molar-refractivity contribution in [1.82, 2.24) is 9.55 Å². The molecule has 0 aliphatic heterocycles. The Balaban J connectivity index is 1.84. The molecule has 2 aromatic carbocycles. The number of halogens is 2. The molecule has 0 aliphatic rings. The molecule has 1 heterocycles. The van der Waals surface area contributed by atoms with Crippen molar-refractivity contribution >= 4 is 12.9 Å². The Kier molecular flexibility index (Phi) is 7.05. The lowest BCUT2D eigenvalue weighted by atomic mass is 9.80. The van der Waals surface area contributed by atoms with Crippen LogP contribution in [0.25, 0.3) is 11.4 Å². The summed E-state index contributed by atoms with van der Waals surface area (Å²) in [7, 11) is 1.68. The van der Waals surface area contributed by atoms with E-state index >= 15 is 0 Å². The van der Waals surface area contributed by atoms with Gasteiger partial charge in [0.05, 0.1) is 11.2 Å². The van der Waals surface area contributed by atoms with Gasteiger partial charge >= 0.3 is 14.1 Å². The summed E-state index contributed by atoms with van der Waals surface area (Å²) < 4.78 is 37.3. The van der Waals surface area contributed by atoms with Gasteiger partial charge in [-0.15, -0.1) is 0 Å². The van der Waals surface area contributed by atoms with Gasteiger partial charge in [0.15, 0.2) is 0 Å². The molecule has 1 N–H and O–H groups in total. The standard InChI is InChI=1S/C24H28BF2N2O3/c1-16-14-28-21(17-10-12-19(13-11-17)31-22(26)27)29(16)15-18-8-6-7-9-20(18)25-32-24(4,5)23(2,3)30/h6-14,22,30H,15H2,1-5H3. The molecule has 3 aromatic rings. The lowest BCUT2D eigenvalue weighted by Crippen LogP contribution is -2.49. The van der Waals surface area contributed by atoms with E-state index < -0.39 is 17.8 Å². The fourth-order valence-corrected chi connectivity index (χ4v) is 2.99. The predicted molar refractivity (Wildman–Crippen MR) is 121 cm³/mol. The zero-order chi connectivity index (χ0) is 23.5. The third kappa shape index (κ3) is 5.55. The van der Waals surface area contributed by atoms with Crippen LogP contribution in [-0.4, -0.2) is 40.0 Å². The van der Waals surface area contributed by atoms with Gasteiger partial charge < -0.3 is 19.1 Å². The Hall–Kier alpha value is -2.71. The largest absolute Gasteiger partial charge is 0.435 e. The van der Waals surface area contributed by atoms with E-state index in [9.17, 15) is 13.9 Å². The monoisotopic (exact) mass is 441 g/mol. The minimum atomic E-state index is -2.86. The van der Waals surface area contributed by atoms with Crippen molar-refractivity contribution in [3.63, 3.8) is 0 Å². The van der Waals surface area contributed by atoms with Crippen molar-refractivity contribution < 1.29 is 23.3 Å². The molecule has 3 rings (SSSR count). The highest BCUT2D eigenvalue weighted by Crippen LogP contribution is 2.26. The smallest absolute Gasteiger partial charge is 0.387 e. The first kappa shape index (κ1) is 23.9. The number of ether oxygens (including phenoxy) is 1. The van der Waals surface area contributed by atoms with Gasteiger partial charge in [-0.2, -0.15) is 8.78 Å². The molecule has 0 amide bonds. The first-order valence-corrected chi connectivity index (χ1v) is 10.4. The van der Waals surface area contributed by atoms with Gasteiger partial charge in [-0.3, -0.25) is 0 Å². The molecule has 0 bridgehead atoms. The van der Waals surface area contributed by atoms with Gasteiger partial charge in [0.25, 0.3) is 0 Å². The second-order valence-electron chi connectivity index (χ2n) is 8.72. The summed E-state index contributed by atoms with van der Waals surface area (Å²) in [5.74, 6) is 0.823. The summed E-state index contributed by atoms with van der Waals surface area (Å²) in [5, 5.41) is 10.4. The van der Waals surface area contributed by atoms with Gasteiger partial charge in [0, 0.05) is 24.0 Å². The number of nitrogens with zero attached hydrogens (tertiary/aromatic N) is 2. The summed E-state index contributed by atoms with van der Waals surface area (Å²) in [6, 6.07) is 14.3. The second-order valence-corrected chi connectivity index (χ2v) is 8.72. The topological polar surface area (TPSA) is 56.5 Å². The molecular weight excluding hydrogens is 413 g/mol. The average Bonchev–Trinajstić information content (AvgIpc) is 3.07. The average molecular weight is 441 g/mol. The molecular formula is C24H28BF2N2O3. The van der Waals surface area contributed by atoms with E-state index in [1.807, 2.05) is 45.0 Å². The molecule has 0 unspecified atom stereocenters. The molecule has 1 radical (unpaired) electrons. The van der Waals surface area contributed by atoms with Crippen LogP contribution in [0.2, 0.25) is 0 Å². The SMILES string of the molecule is Cc1cnc(-c2ccc(OC(F)F)cc2)n1Cc1ccccc1[B]OC(C)(C)C(C)(C)O. The van der Waals surface area contributed by atoms with Crippen LogP contribution in [0.4, 0.5) is 8.78 Å². The van der Waals surface area contributed by atoms with Crippen LogP contribution < -0.4 is 10.2 Å². The van der Waals surface area contributed by atoms with Crippen LogP contribution in [0.5, 0.6) is 5.75 Å². The number of alkyl halides is 2. The molecule has 0 fully saturated rings. The fourth-order valence-electron chi connectivity index (χ4n) is 2.99. The van der Waals surface area contributed by atoms with Crippen LogP contribution in [0, 0.1) is 6.92 Å². The summed E-state index contributed by atoms with van der Waals surface area (Å²) >= 11 is 0. The minimum absolute atomic E-state index is 0.102. The van der Waals surface area contributed by atoms with Crippen LogP contribution >= 0.6 is 0 Å². The quantitative estimate of drug-likeness (QED) is 0.503. The normalized spacial score (nSPS) is 12.3. The van der Waals surface area contributed by atoms with E-state index in [0.717, 1.165) is 28.1 Å². The second kappa shape index (κ2) is 9.42. The minimum Gasteiger partial charge on any atom is -0.435 e. The molecule has 0 aliphatic carbocycles. The fraction of sp³-hybridized carbons (Fsp3) is 0.375. The molecule has 0 saturated heterocycles. The van der Waals surface area contributed by atoms with Crippen LogP contribution in [0.1, 0.15) is 39.0 Å². The van der Waals surface area contributed by atoms with Gasteiger partial charge in [-0.05, 0) is 69.9 Å². The summed E-state index contributed by atoms with van der Waals surface area (Å²) in [5.41, 5.74) is 1.86. The number of rotatable bonds is 9. The van der Waals surface area contributed by atoms with Gasteiger partial charge in [-0.1, -0.05) is 24.3 Å². The first-order valence-electron chi connectivity index (χ1n) is 10.4. The molecule has 1 aromatic heterocycles. The first-order chi connectivity index (χ1) is 15.0. The third-order valence-electron chi connectivity index (χ3n) is 5.73. The van der Waals surface area contributed by atoms with Crippen molar-refractivity contribution in [3.05, 3.63) is 66.0 Å². The molecule has 0 spiro atoms. The molecule has 8 heteroatoms. The van der Waals surface area contributed by atoms with E-state index in [4.69, 9.17) is 4.65 Å². The molecule has 5 nitrogen and oxygen atoms in total. The van der Waals surface area contributed by atoms with E-state index in [1.54, 1.807) is 39.7 Å². The predicted octanol–water partition coefficient (Wildman–Crippen LogP) is 4.32. The zero-order valence-electron chi connectivity index (χ0n) is 19.0. The van der Waals surface area contributed by atoms with Crippen molar-refractivity contribution in [1.29, 1.82) is 0 Å². The lowest BCUT2D eigenvalue weighted by molar-refractivity contribution is -0.0893. The lowest BCUT2D eigenvalue weighted by Gasteiger charge is -2.37. The maximum Gasteiger partial charge on any atom is 0.387 e. The van der Waals surface area contributed by atoms with Crippen LogP contribution in [0.3, 0.4) is 0 Å². The van der Waals surface area contributed by atoms with Crippen molar-refractivity contribution in [3.8, 4) is 17.1 Å². The number of aryl methyl sites for hydroxylation is 1. The van der Waals surface area contributed by atoms with Crippen molar-refractivity contribution in [2.45, 2.75) is 59.0 Å². The highest BCUT2D eigenvalue weighted by atomic mass is 19.3. The molecule has 0 atom stereocenters. The molecule has 32 heavy (non-hydrogen) atoms. The van der Waals surface area contributed by atoms with E-state index in [2.05, 4.69) is 14.3 Å². The highest BCUT2D eigenvalue weighted by molar-refractivity contribution is 6.47. The maximum atomic E-state index is 12.4. The Morgan fingerprint density at radius 3 is 2.34 bits per heavy atom. The number of aliphatic hydroxyl groups is 1. The number of imidazole rings is 1. The van der Waals surface area contributed by atoms with E-state index in [0.29, 0.717) is 6.54 Å². The number of aromatic nitrogens is 2. The highest BCUT2D eigenvalue weighted by Gasteiger charge is 2.35. The number of hydrogen-bond acceptors (Lipinski definition) is 4. The van der Waals surface area contributed by atoms with Crippen molar-refractivity contribution in [2.24, 2.45) is 0 Å². The Morgan fingerprint density at radius 1 is 1.06 bits per heavy atom. The number of hydrogen-bond donors (Lipinski definition) is 1. The van der Waals surface area contributed by atoms with Crippen LogP contribution in [-0.2, 0) is 11.2 Å². The van der Waals surface area contributed by atoms with Crippen LogP contribution in [0.15, 0.2) is 54.7 Å². The van der Waals surface area contributed by atoms with Gasteiger partial charge in [-0.25, -0.2) is 4.98 Å². The zero-order valence-corrected chi connectivity index (χ0v) is 19.0. The summed E-state index contributed by atoms with van der Waals surface area (Å²) in [6.07, 6.45) is 1.78. The third-order valence-corrected chi connectivity index (χ3v) is 5.73. The number of benzene rings is 2. The van der Waals surface area contributed by atoms with Crippen molar-refractivity contribution in [2.75, 3.05) is 0 Å². The molecule has 169 valence electrons. The van der Waals surface area contributed by atoms with E-state index in [-0.39, 0.29) is 5.75 Å². The van der Waals surface area contributed by atoms with Gasteiger partial charge in [0.2, 0.25) is 0 Å². The maximum absolute atomic E-state index is 12.4. The summed E-state index contributed by atoms with van der Waals surface area (Å²) in [4.78, 5) is 4.52. The van der Waals surface area contributed by atoms with Gasteiger partial charge in [0.1, 0.15) is 11.6 Å². The van der Waals surface area contributed by atoms with E-state index in [1.165, 1.54) is 12.1 Å². The Labute approximate surface area is 188 Å². The molecule has 0 saturated carbocycles. The summed E-state index contributed by atoms with van der Waals surface area (Å²) in [6.45, 7) is 6.75. The Bertz CT molecular complexity index is 1040.